The Hall–Kier alpha value is -2.35. The molecule has 1 fully saturated rings. The molecule has 1 spiro atoms. The maximum absolute atomic E-state index is 13.4. The first-order valence-corrected chi connectivity index (χ1v) is 10.3. The van der Waals surface area contributed by atoms with Crippen molar-refractivity contribution in [3.05, 3.63) is 62.9 Å². The van der Waals surface area contributed by atoms with Gasteiger partial charge in [0.15, 0.2) is 0 Å². The highest BCUT2D eigenvalue weighted by Gasteiger charge is 2.45. The summed E-state index contributed by atoms with van der Waals surface area (Å²) in [6, 6.07) is 7.85. The van der Waals surface area contributed by atoms with E-state index in [0.717, 1.165) is 11.1 Å². The third kappa shape index (κ3) is 4.10. The van der Waals surface area contributed by atoms with Gasteiger partial charge in [-0.15, -0.1) is 0 Å². The fraction of sp³-hybridized carbons (Fsp3) is 0.333. The van der Waals surface area contributed by atoms with Gasteiger partial charge in [0.05, 0.1) is 35.1 Å². The van der Waals surface area contributed by atoms with Crippen LogP contribution in [0.3, 0.4) is 0 Å². The van der Waals surface area contributed by atoms with E-state index in [4.69, 9.17) is 32.7 Å². The fourth-order valence-electron chi connectivity index (χ4n) is 3.71. The number of hydrogen-bond donors (Lipinski definition) is 2. The molecule has 30 heavy (non-hydrogen) atoms. The molecule has 6 nitrogen and oxygen atoms in total. The Morgan fingerprint density at radius 1 is 1.03 bits per heavy atom. The van der Waals surface area contributed by atoms with E-state index in [1.165, 1.54) is 12.1 Å². The average Bonchev–Trinajstić information content (AvgIpc) is 2.97. The molecule has 158 valence electrons. The summed E-state index contributed by atoms with van der Waals surface area (Å²) in [6.45, 7) is 1.06. The van der Waals surface area contributed by atoms with Gasteiger partial charge in [-0.05, 0) is 48.4 Å². The van der Waals surface area contributed by atoms with Crippen LogP contribution in [-0.2, 0) is 37.8 Å². The molecule has 0 unspecified atom stereocenters. The smallest absolute Gasteiger partial charge is 0.309 e. The molecule has 0 aromatic heterocycles. The third-order valence-electron chi connectivity index (χ3n) is 5.13. The van der Waals surface area contributed by atoms with Crippen molar-refractivity contribution >= 4 is 40.8 Å². The van der Waals surface area contributed by atoms with Crippen LogP contribution in [0.5, 0.6) is 0 Å². The van der Waals surface area contributed by atoms with Crippen LogP contribution < -0.4 is 10.6 Å². The number of carbonyl (C=O) groups is 2. The van der Waals surface area contributed by atoms with Crippen molar-refractivity contribution in [2.75, 3.05) is 18.4 Å². The number of ether oxygens (including phenoxy) is 2. The number of carbonyl (C=O) groups excluding carboxylic acids is 2. The maximum Gasteiger partial charge on any atom is 0.309 e. The lowest BCUT2D eigenvalue weighted by atomic mass is 9.96. The minimum atomic E-state index is -1.54. The highest BCUT2D eigenvalue weighted by molar-refractivity contribution is 6.33. The van der Waals surface area contributed by atoms with Crippen LogP contribution in [0.4, 0.5) is 10.1 Å². The van der Waals surface area contributed by atoms with Crippen molar-refractivity contribution in [3.8, 4) is 0 Å². The van der Waals surface area contributed by atoms with Crippen molar-refractivity contribution in [2.24, 2.45) is 0 Å². The van der Waals surface area contributed by atoms with Crippen LogP contribution in [0.25, 0.3) is 0 Å². The van der Waals surface area contributed by atoms with Gasteiger partial charge in [0.1, 0.15) is 5.82 Å². The molecule has 0 amide bonds. The van der Waals surface area contributed by atoms with Gasteiger partial charge in [-0.25, -0.2) is 4.39 Å². The standard InChI is InChI=1S/C21H19Cl2FN2O4/c22-15-3-2-14-13(20(15)26-10-12-1-4-17(24)16(23)9-12)7-8-25-11-21(14)29-18(27)5-6-19(28)30-21/h1-4,9,25-26H,5-8,10-11H2. The monoisotopic (exact) mass is 452 g/mol. The molecule has 0 atom stereocenters. The Kier molecular flexibility index (Phi) is 5.86. The Bertz CT molecular complexity index is 997. The molecule has 2 aliphatic rings. The summed E-state index contributed by atoms with van der Waals surface area (Å²) >= 11 is 12.3. The van der Waals surface area contributed by atoms with Gasteiger partial charge in [0, 0.05) is 12.1 Å². The lowest BCUT2D eigenvalue weighted by Crippen LogP contribution is -2.43. The summed E-state index contributed by atoms with van der Waals surface area (Å²) in [7, 11) is 0. The SMILES string of the molecule is O=C1CCC(=O)OC2(CNCCc3c2ccc(Cl)c3NCc2ccc(F)c(Cl)c2)O1. The molecule has 2 aliphatic heterocycles. The van der Waals surface area contributed by atoms with Gasteiger partial charge in [-0.3, -0.25) is 9.59 Å². The van der Waals surface area contributed by atoms with Crippen LogP contribution in [0.2, 0.25) is 10.0 Å². The summed E-state index contributed by atoms with van der Waals surface area (Å²) in [5.41, 5.74) is 2.75. The predicted octanol–water partition coefficient (Wildman–Crippen LogP) is 3.92. The number of hydrogen-bond acceptors (Lipinski definition) is 6. The first kappa shape index (κ1) is 20.9. The molecular weight excluding hydrogens is 434 g/mol. The summed E-state index contributed by atoms with van der Waals surface area (Å²) in [4.78, 5) is 24.4. The minimum absolute atomic E-state index is 0.0278. The van der Waals surface area contributed by atoms with E-state index in [2.05, 4.69) is 10.6 Å². The first-order valence-electron chi connectivity index (χ1n) is 9.52. The highest BCUT2D eigenvalue weighted by Crippen LogP contribution is 2.40. The maximum atomic E-state index is 13.4. The van der Waals surface area contributed by atoms with Gasteiger partial charge in [-0.2, -0.15) is 0 Å². The van der Waals surface area contributed by atoms with Crippen molar-refractivity contribution in [2.45, 2.75) is 31.6 Å². The quantitative estimate of drug-likeness (QED) is 0.687. The van der Waals surface area contributed by atoms with E-state index in [9.17, 15) is 14.0 Å². The van der Waals surface area contributed by atoms with E-state index in [1.54, 1.807) is 18.2 Å². The fourth-order valence-corrected chi connectivity index (χ4v) is 4.15. The summed E-state index contributed by atoms with van der Waals surface area (Å²) in [6.07, 6.45) is 0.513. The van der Waals surface area contributed by atoms with Crippen molar-refractivity contribution in [1.82, 2.24) is 5.32 Å². The number of anilines is 1. The largest absolute Gasteiger partial charge is 0.416 e. The topological polar surface area (TPSA) is 76.7 Å². The lowest BCUT2D eigenvalue weighted by Gasteiger charge is -2.32. The van der Waals surface area contributed by atoms with Gasteiger partial charge < -0.3 is 20.1 Å². The second-order valence-electron chi connectivity index (χ2n) is 7.18. The summed E-state index contributed by atoms with van der Waals surface area (Å²) < 4.78 is 24.7. The number of benzene rings is 2. The summed E-state index contributed by atoms with van der Waals surface area (Å²) in [5, 5.41) is 6.94. The summed E-state index contributed by atoms with van der Waals surface area (Å²) in [5.74, 6) is -3.03. The molecule has 2 aromatic carbocycles. The van der Waals surface area contributed by atoms with E-state index in [-0.39, 0.29) is 24.4 Å². The predicted molar refractivity (Wildman–Crippen MR) is 110 cm³/mol. The van der Waals surface area contributed by atoms with Crippen molar-refractivity contribution in [1.29, 1.82) is 0 Å². The molecule has 0 saturated carbocycles. The molecule has 0 aliphatic carbocycles. The molecule has 0 bridgehead atoms. The zero-order chi connectivity index (χ0) is 21.3. The number of esters is 2. The molecule has 2 aromatic rings. The average molecular weight is 453 g/mol. The normalized spacial score (nSPS) is 18.1. The Balaban J connectivity index is 1.72. The molecule has 2 heterocycles. The van der Waals surface area contributed by atoms with E-state index >= 15 is 0 Å². The van der Waals surface area contributed by atoms with Gasteiger partial charge in [0.2, 0.25) is 0 Å². The molecule has 2 N–H and O–H groups in total. The van der Waals surface area contributed by atoms with Crippen LogP contribution in [-0.4, -0.2) is 25.0 Å². The van der Waals surface area contributed by atoms with Crippen molar-refractivity contribution in [3.63, 3.8) is 0 Å². The number of rotatable bonds is 3. The van der Waals surface area contributed by atoms with Crippen LogP contribution in [0.15, 0.2) is 30.3 Å². The Labute approximate surface area is 182 Å². The highest BCUT2D eigenvalue weighted by atomic mass is 35.5. The lowest BCUT2D eigenvalue weighted by molar-refractivity contribution is -0.225. The van der Waals surface area contributed by atoms with Gasteiger partial charge in [0.25, 0.3) is 5.79 Å². The van der Waals surface area contributed by atoms with Gasteiger partial charge in [-0.1, -0.05) is 29.3 Å². The second kappa shape index (κ2) is 8.41. The molecule has 1 saturated heterocycles. The van der Waals surface area contributed by atoms with Gasteiger partial charge >= 0.3 is 11.9 Å². The van der Waals surface area contributed by atoms with Crippen LogP contribution >= 0.6 is 23.2 Å². The number of halogens is 3. The molecule has 4 rings (SSSR count). The minimum Gasteiger partial charge on any atom is -0.416 e. The van der Waals surface area contributed by atoms with Crippen LogP contribution in [0, 0.1) is 5.82 Å². The zero-order valence-corrected chi connectivity index (χ0v) is 17.4. The van der Waals surface area contributed by atoms with E-state index in [0.29, 0.717) is 35.8 Å². The number of fused-ring (bicyclic) bond motifs is 2. The first-order chi connectivity index (χ1) is 14.4. The Morgan fingerprint density at radius 2 is 1.77 bits per heavy atom. The van der Waals surface area contributed by atoms with Crippen LogP contribution in [0.1, 0.15) is 29.5 Å². The Morgan fingerprint density at radius 3 is 2.47 bits per heavy atom. The van der Waals surface area contributed by atoms with Crippen molar-refractivity contribution < 1.29 is 23.5 Å². The second-order valence-corrected chi connectivity index (χ2v) is 7.99. The molecule has 9 heteroatoms. The van der Waals surface area contributed by atoms with E-state index in [1.807, 2.05) is 0 Å². The molecule has 0 radical (unpaired) electrons. The third-order valence-corrected chi connectivity index (χ3v) is 5.73. The number of nitrogens with one attached hydrogen (secondary N) is 2. The zero-order valence-electron chi connectivity index (χ0n) is 15.9. The van der Waals surface area contributed by atoms with E-state index < -0.39 is 23.5 Å². The molecular formula is C21H19Cl2FN2O4.